The molecule has 0 N–H and O–H groups in total. The van der Waals surface area contributed by atoms with Crippen molar-refractivity contribution in [2.24, 2.45) is 15.0 Å². The molecule has 0 amide bonds. The van der Waals surface area contributed by atoms with Crippen LogP contribution in [0.2, 0.25) is 0 Å². The van der Waals surface area contributed by atoms with E-state index in [4.69, 9.17) is 25.6 Å². The van der Waals surface area contributed by atoms with Crippen molar-refractivity contribution in [2.75, 3.05) is 0 Å². The Balaban J connectivity index is 0.000000927. The van der Waals surface area contributed by atoms with E-state index in [2.05, 4.69) is 72.5 Å². The molecule has 0 atom stereocenters. The second kappa shape index (κ2) is 13.8. The number of hydrogen-bond donors (Lipinski definition) is 0. The number of aliphatic imine (C=N–C) groups is 3. The van der Waals surface area contributed by atoms with Crippen LogP contribution in [-0.4, -0.2) is 17.4 Å². The van der Waals surface area contributed by atoms with E-state index in [1.54, 1.807) is 0 Å². The maximum Gasteiger partial charge on any atom is 2.00 e. The van der Waals surface area contributed by atoms with Gasteiger partial charge in [0.1, 0.15) is 0 Å². The average Bonchev–Trinajstić information content (AvgIpc) is 3.39. The SMILES string of the molecule is CCC1=C(C)/C(=C/c2[n-]c(/C=C3\N=C(C)C(CC)=C3C)c(CC)c2CC)N=C1C.N#CN=C=[N-].[Cu+2]. The molecule has 2 aliphatic heterocycles. The first kappa shape index (κ1) is 30.0. The van der Waals surface area contributed by atoms with Crippen LogP contribution >= 0.6 is 0 Å². The van der Waals surface area contributed by atoms with Crippen LogP contribution < -0.4 is 4.98 Å². The minimum atomic E-state index is 0. The summed E-state index contributed by atoms with van der Waals surface area (Å²) in [7, 11) is 0. The van der Waals surface area contributed by atoms with Crippen LogP contribution in [0, 0.1) is 11.5 Å². The zero-order valence-electron chi connectivity index (χ0n) is 22.0. The smallest absolute Gasteiger partial charge is 0.657 e. The maximum atomic E-state index is 7.43. The molecule has 6 nitrogen and oxygen atoms in total. The van der Waals surface area contributed by atoms with E-state index in [-0.39, 0.29) is 17.1 Å². The average molecular weight is 518 g/mol. The predicted molar refractivity (Wildman–Crippen MR) is 143 cm³/mol. The van der Waals surface area contributed by atoms with E-state index in [0.717, 1.165) is 59.9 Å². The van der Waals surface area contributed by atoms with Gasteiger partial charge in [0, 0.05) is 11.4 Å². The van der Waals surface area contributed by atoms with E-state index in [1.807, 2.05) is 0 Å². The Kier molecular flexibility index (Phi) is 11.8. The third-order valence-corrected chi connectivity index (χ3v) is 6.41. The predicted octanol–water partition coefficient (Wildman–Crippen LogP) is 7.06. The standard InChI is InChI=1S/C26H34N3.C2N3.Cu/c1-9-19-15(5)23(27-17(19)7)13-25-21(11-3)22(12-4)26(29-25)14-24-16(6)20(10-2)18(8)28-24;3-1-5-2-4;/h13-14H,9-12H2,1-8H3;;/q2*-1;+2/b23-13-,24-14-;;. The van der Waals surface area contributed by atoms with E-state index in [0.29, 0.717) is 0 Å². The molecule has 35 heavy (non-hydrogen) atoms. The van der Waals surface area contributed by atoms with Crippen LogP contribution in [0.25, 0.3) is 17.6 Å². The van der Waals surface area contributed by atoms with Crippen molar-refractivity contribution in [2.45, 2.75) is 81.1 Å². The number of nitriles is 1. The summed E-state index contributed by atoms with van der Waals surface area (Å²) < 4.78 is 0. The van der Waals surface area contributed by atoms with Crippen LogP contribution in [0.1, 0.15) is 90.7 Å². The Morgan fingerprint density at radius 1 is 0.800 bits per heavy atom. The molecule has 1 aromatic rings. The number of aromatic nitrogens is 1. The minimum absolute atomic E-state index is 0. The van der Waals surface area contributed by atoms with Crippen LogP contribution in [-0.2, 0) is 29.9 Å². The van der Waals surface area contributed by atoms with Gasteiger partial charge < -0.3 is 15.4 Å². The molecule has 0 aromatic carbocycles. The van der Waals surface area contributed by atoms with Crippen molar-refractivity contribution in [1.82, 2.24) is 4.98 Å². The largest absolute Gasteiger partial charge is 2.00 e. The van der Waals surface area contributed by atoms with Crippen LogP contribution in [0.3, 0.4) is 0 Å². The summed E-state index contributed by atoms with van der Waals surface area (Å²) in [6.45, 7) is 17.4. The van der Waals surface area contributed by atoms with Gasteiger partial charge in [0.05, 0.1) is 17.6 Å². The molecule has 3 heterocycles. The van der Waals surface area contributed by atoms with E-state index in [9.17, 15) is 0 Å². The van der Waals surface area contributed by atoms with Gasteiger partial charge >= 0.3 is 17.1 Å². The summed E-state index contributed by atoms with van der Waals surface area (Å²) in [5.41, 5.74) is 14.5. The summed E-state index contributed by atoms with van der Waals surface area (Å²) in [6.07, 6.45) is 9.64. The fourth-order valence-electron chi connectivity index (χ4n) is 4.72. The number of nitrogens with zero attached hydrogens (tertiary/aromatic N) is 6. The van der Waals surface area contributed by atoms with Gasteiger partial charge in [-0.05, 0) is 75.7 Å². The molecule has 0 saturated heterocycles. The van der Waals surface area contributed by atoms with Crippen molar-refractivity contribution in [3.8, 4) is 6.19 Å². The van der Waals surface area contributed by atoms with Crippen LogP contribution in [0.5, 0.6) is 0 Å². The molecule has 1 aromatic heterocycles. The Labute approximate surface area is 220 Å². The third kappa shape index (κ3) is 6.55. The summed E-state index contributed by atoms with van der Waals surface area (Å²) in [4.78, 5) is 17.3. The molecule has 1 radical (unpaired) electrons. The second-order valence-electron chi connectivity index (χ2n) is 8.23. The van der Waals surface area contributed by atoms with Crippen molar-refractivity contribution < 1.29 is 17.1 Å². The molecule has 0 unspecified atom stereocenters. The minimum Gasteiger partial charge on any atom is -0.657 e. The van der Waals surface area contributed by atoms with Gasteiger partial charge in [0.25, 0.3) is 0 Å². The molecule has 2 aliphatic rings. The first-order chi connectivity index (χ1) is 16.3. The fourth-order valence-corrected chi connectivity index (χ4v) is 4.72. The Morgan fingerprint density at radius 2 is 1.20 bits per heavy atom. The van der Waals surface area contributed by atoms with Crippen molar-refractivity contribution in [3.63, 3.8) is 0 Å². The third-order valence-electron chi connectivity index (χ3n) is 6.41. The van der Waals surface area contributed by atoms with Crippen molar-refractivity contribution in [1.29, 1.82) is 5.26 Å². The second-order valence-corrected chi connectivity index (χ2v) is 8.23. The normalized spacial score (nSPS) is 17.0. The monoisotopic (exact) mass is 517 g/mol. The van der Waals surface area contributed by atoms with E-state index < -0.39 is 0 Å². The van der Waals surface area contributed by atoms with Gasteiger partial charge in [0.15, 0.2) is 0 Å². The molecule has 0 spiro atoms. The molecule has 0 aliphatic carbocycles. The Hall–Kier alpha value is -3.03. The van der Waals surface area contributed by atoms with Gasteiger partial charge in [-0.1, -0.05) is 51.0 Å². The maximum absolute atomic E-state index is 7.43. The van der Waals surface area contributed by atoms with Gasteiger partial charge in [-0.3, -0.25) is 9.98 Å². The molecular formula is C28H34CuN6. The molecule has 0 saturated carbocycles. The number of hydrogen-bond acceptors (Lipinski definition) is 4. The molecule has 3 rings (SSSR count). The van der Waals surface area contributed by atoms with Gasteiger partial charge in [-0.2, -0.15) is 5.26 Å². The van der Waals surface area contributed by atoms with Crippen LogP contribution in [0.4, 0.5) is 0 Å². The first-order valence-corrected chi connectivity index (χ1v) is 11.9. The van der Waals surface area contributed by atoms with Gasteiger partial charge in [-0.25, -0.2) is 0 Å². The van der Waals surface area contributed by atoms with Crippen molar-refractivity contribution in [3.05, 3.63) is 61.6 Å². The quantitative estimate of drug-likeness (QED) is 0.229. The summed E-state index contributed by atoms with van der Waals surface area (Å²) in [6, 6.07) is 1.28. The molecule has 0 bridgehead atoms. The first-order valence-electron chi connectivity index (χ1n) is 11.9. The molecule has 7 heteroatoms. The van der Waals surface area contributed by atoms with E-state index >= 15 is 0 Å². The molecular weight excluding hydrogens is 484 g/mol. The molecule has 0 fully saturated rings. The van der Waals surface area contributed by atoms with E-state index in [1.165, 1.54) is 45.6 Å². The fraction of sp³-hybridized carbons (Fsp3) is 0.429. The van der Waals surface area contributed by atoms with Crippen molar-refractivity contribution >= 4 is 29.6 Å². The van der Waals surface area contributed by atoms with Gasteiger partial charge in [-0.15, -0.1) is 17.4 Å². The number of allylic oxidation sites excluding steroid dienone is 4. The molecule has 187 valence electrons. The Morgan fingerprint density at radius 3 is 1.43 bits per heavy atom. The van der Waals surface area contributed by atoms with Gasteiger partial charge in [0.2, 0.25) is 0 Å². The Bertz CT molecular complexity index is 1150. The summed E-state index contributed by atoms with van der Waals surface area (Å²) in [5.74, 6) is 0. The van der Waals surface area contributed by atoms with Crippen LogP contribution in [0.15, 0.2) is 48.7 Å². The summed E-state index contributed by atoms with van der Waals surface area (Å²) in [5, 5.41) is 14.9. The topological polar surface area (TPSA) is 97.3 Å². The zero-order chi connectivity index (χ0) is 25.4. The summed E-state index contributed by atoms with van der Waals surface area (Å²) >= 11 is 0. The number of rotatable bonds is 6. The zero-order valence-corrected chi connectivity index (χ0v) is 22.9.